The summed E-state index contributed by atoms with van der Waals surface area (Å²) in [5.41, 5.74) is 1.85. The molecule has 0 fully saturated rings. The Morgan fingerprint density at radius 2 is 2.00 bits per heavy atom. The van der Waals surface area contributed by atoms with Gasteiger partial charge in [-0.3, -0.25) is 9.59 Å². The van der Waals surface area contributed by atoms with Crippen molar-refractivity contribution in [1.82, 2.24) is 4.90 Å². The van der Waals surface area contributed by atoms with Crippen LogP contribution in [-0.4, -0.2) is 29.8 Å². The molecule has 0 aromatic heterocycles. The van der Waals surface area contributed by atoms with Crippen molar-refractivity contribution in [2.75, 3.05) is 18.4 Å². The average molecular weight is 276 g/mol. The van der Waals surface area contributed by atoms with Crippen molar-refractivity contribution < 1.29 is 9.59 Å². The smallest absolute Gasteiger partial charge is 0.243 e. The molecule has 0 bridgehead atoms. The lowest BCUT2D eigenvalue weighted by atomic mass is 10.1. The Labute approximate surface area is 121 Å². The molecule has 0 unspecified atom stereocenters. The first-order valence-corrected chi connectivity index (χ1v) is 7.00. The van der Waals surface area contributed by atoms with Crippen LogP contribution < -0.4 is 5.32 Å². The van der Waals surface area contributed by atoms with Crippen LogP contribution in [0.5, 0.6) is 0 Å². The maximum absolute atomic E-state index is 12.0. The molecule has 0 aliphatic rings. The van der Waals surface area contributed by atoms with Gasteiger partial charge in [0.25, 0.3) is 0 Å². The molecule has 4 heteroatoms. The van der Waals surface area contributed by atoms with E-state index < -0.39 is 0 Å². The van der Waals surface area contributed by atoms with Crippen molar-refractivity contribution >= 4 is 17.5 Å². The van der Waals surface area contributed by atoms with E-state index in [2.05, 4.69) is 19.2 Å². The molecule has 1 rings (SSSR count). The summed E-state index contributed by atoms with van der Waals surface area (Å²) < 4.78 is 0. The predicted molar refractivity (Wildman–Crippen MR) is 81.5 cm³/mol. The molecular weight excluding hydrogens is 252 g/mol. The standard InChI is InChI=1S/C16H24N2O2/c1-12(2)8-9-18(14(4)19)11-16(20)17-15-7-5-6-13(3)10-15/h5-7,10,12H,8-9,11H2,1-4H3,(H,17,20). The van der Waals surface area contributed by atoms with Gasteiger partial charge in [0, 0.05) is 19.2 Å². The molecule has 0 spiro atoms. The Hall–Kier alpha value is -1.84. The lowest BCUT2D eigenvalue weighted by Crippen LogP contribution is -2.37. The van der Waals surface area contributed by atoms with Crippen LogP contribution in [-0.2, 0) is 9.59 Å². The van der Waals surface area contributed by atoms with Gasteiger partial charge in [0.1, 0.15) is 0 Å². The lowest BCUT2D eigenvalue weighted by Gasteiger charge is -2.21. The van der Waals surface area contributed by atoms with Gasteiger partial charge < -0.3 is 10.2 Å². The first-order valence-electron chi connectivity index (χ1n) is 7.00. The van der Waals surface area contributed by atoms with E-state index in [4.69, 9.17) is 0 Å². The van der Waals surface area contributed by atoms with Gasteiger partial charge in [-0.25, -0.2) is 0 Å². The number of benzene rings is 1. The van der Waals surface area contributed by atoms with Crippen molar-refractivity contribution in [2.45, 2.75) is 34.1 Å². The van der Waals surface area contributed by atoms with Crippen molar-refractivity contribution in [3.05, 3.63) is 29.8 Å². The highest BCUT2D eigenvalue weighted by molar-refractivity contribution is 5.94. The van der Waals surface area contributed by atoms with E-state index in [1.54, 1.807) is 4.90 Å². The molecule has 2 amide bonds. The number of amides is 2. The second-order valence-corrected chi connectivity index (χ2v) is 5.54. The van der Waals surface area contributed by atoms with Gasteiger partial charge >= 0.3 is 0 Å². The summed E-state index contributed by atoms with van der Waals surface area (Å²) >= 11 is 0. The summed E-state index contributed by atoms with van der Waals surface area (Å²) in [6.45, 7) is 8.40. The van der Waals surface area contributed by atoms with Crippen molar-refractivity contribution in [3.63, 3.8) is 0 Å². The summed E-state index contributed by atoms with van der Waals surface area (Å²) in [4.78, 5) is 25.1. The van der Waals surface area contributed by atoms with Crippen LogP contribution in [0.2, 0.25) is 0 Å². The fraction of sp³-hybridized carbons (Fsp3) is 0.500. The summed E-state index contributed by atoms with van der Waals surface area (Å²) in [6, 6.07) is 7.62. The molecule has 1 aromatic rings. The highest BCUT2D eigenvalue weighted by atomic mass is 16.2. The Morgan fingerprint density at radius 3 is 2.55 bits per heavy atom. The Bertz CT molecular complexity index is 469. The number of nitrogens with one attached hydrogen (secondary N) is 1. The highest BCUT2D eigenvalue weighted by Gasteiger charge is 2.14. The third-order valence-electron chi connectivity index (χ3n) is 3.06. The van der Waals surface area contributed by atoms with E-state index in [-0.39, 0.29) is 18.4 Å². The van der Waals surface area contributed by atoms with Crippen LogP contribution in [0.15, 0.2) is 24.3 Å². The Kier molecular flexibility index (Phi) is 6.22. The predicted octanol–water partition coefficient (Wildman–Crippen LogP) is 2.83. The van der Waals surface area contributed by atoms with Gasteiger partial charge in [-0.1, -0.05) is 26.0 Å². The molecule has 0 saturated heterocycles. The molecule has 110 valence electrons. The summed E-state index contributed by atoms with van der Waals surface area (Å²) in [5, 5.41) is 2.82. The molecule has 20 heavy (non-hydrogen) atoms. The number of hydrogen-bond acceptors (Lipinski definition) is 2. The van der Waals surface area contributed by atoms with Crippen molar-refractivity contribution in [3.8, 4) is 0 Å². The van der Waals surface area contributed by atoms with Crippen LogP contribution in [0.1, 0.15) is 32.8 Å². The number of aryl methyl sites for hydroxylation is 1. The number of anilines is 1. The molecule has 0 saturated carbocycles. The first kappa shape index (κ1) is 16.2. The number of hydrogen-bond donors (Lipinski definition) is 1. The molecule has 1 aromatic carbocycles. The maximum atomic E-state index is 12.0. The van der Waals surface area contributed by atoms with Crippen LogP contribution in [0.3, 0.4) is 0 Å². The molecule has 4 nitrogen and oxygen atoms in total. The maximum Gasteiger partial charge on any atom is 0.243 e. The topological polar surface area (TPSA) is 49.4 Å². The highest BCUT2D eigenvalue weighted by Crippen LogP contribution is 2.10. The second-order valence-electron chi connectivity index (χ2n) is 5.54. The van der Waals surface area contributed by atoms with Gasteiger partial charge in [0.2, 0.25) is 11.8 Å². The fourth-order valence-corrected chi connectivity index (χ4v) is 1.86. The molecule has 0 aliphatic heterocycles. The minimum absolute atomic E-state index is 0.0648. The third kappa shape index (κ3) is 5.87. The minimum atomic E-state index is -0.158. The SMILES string of the molecule is CC(=O)N(CCC(C)C)CC(=O)Nc1cccc(C)c1. The lowest BCUT2D eigenvalue weighted by molar-refractivity contribution is -0.132. The van der Waals surface area contributed by atoms with E-state index in [0.717, 1.165) is 17.7 Å². The van der Waals surface area contributed by atoms with Crippen LogP contribution in [0, 0.1) is 12.8 Å². The molecule has 0 heterocycles. The molecular formula is C16H24N2O2. The zero-order valence-corrected chi connectivity index (χ0v) is 12.8. The van der Waals surface area contributed by atoms with Gasteiger partial charge in [-0.2, -0.15) is 0 Å². The summed E-state index contributed by atoms with van der Waals surface area (Å²) in [6.07, 6.45) is 0.900. The van der Waals surface area contributed by atoms with E-state index in [1.807, 2.05) is 31.2 Å². The average Bonchev–Trinajstić information content (AvgIpc) is 2.33. The number of carbonyl (C=O) groups is 2. The van der Waals surface area contributed by atoms with Crippen LogP contribution in [0.4, 0.5) is 5.69 Å². The number of nitrogens with zero attached hydrogens (tertiary/aromatic N) is 1. The molecule has 0 atom stereocenters. The molecule has 0 aliphatic carbocycles. The monoisotopic (exact) mass is 276 g/mol. The number of carbonyl (C=O) groups excluding carboxylic acids is 2. The molecule has 1 N–H and O–H groups in total. The van der Waals surface area contributed by atoms with Crippen molar-refractivity contribution in [2.24, 2.45) is 5.92 Å². The van der Waals surface area contributed by atoms with Crippen LogP contribution in [0.25, 0.3) is 0 Å². The minimum Gasteiger partial charge on any atom is -0.334 e. The van der Waals surface area contributed by atoms with E-state index in [1.165, 1.54) is 6.92 Å². The van der Waals surface area contributed by atoms with E-state index >= 15 is 0 Å². The third-order valence-corrected chi connectivity index (χ3v) is 3.06. The summed E-state index contributed by atoms with van der Waals surface area (Å²) in [7, 11) is 0. The normalized spacial score (nSPS) is 10.4. The largest absolute Gasteiger partial charge is 0.334 e. The first-order chi connectivity index (χ1) is 9.38. The number of rotatable bonds is 6. The van der Waals surface area contributed by atoms with Gasteiger partial charge in [-0.05, 0) is 37.0 Å². The van der Waals surface area contributed by atoms with Gasteiger partial charge in [0.05, 0.1) is 6.54 Å². The van der Waals surface area contributed by atoms with E-state index in [0.29, 0.717) is 12.5 Å². The summed E-state index contributed by atoms with van der Waals surface area (Å²) in [5.74, 6) is 0.288. The van der Waals surface area contributed by atoms with Gasteiger partial charge in [-0.15, -0.1) is 0 Å². The Morgan fingerprint density at radius 1 is 1.30 bits per heavy atom. The quantitative estimate of drug-likeness (QED) is 0.868. The Balaban J connectivity index is 2.55. The fourth-order valence-electron chi connectivity index (χ4n) is 1.86. The van der Waals surface area contributed by atoms with Crippen LogP contribution >= 0.6 is 0 Å². The van der Waals surface area contributed by atoms with E-state index in [9.17, 15) is 9.59 Å². The molecule has 0 radical (unpaired) electrons. The zero-order chi connectivity index (χ0) is 15.1. The van der Waals surface area contributed by atoms with Crippen molar-refractivity contribution in [1.29, 1.82) is 0 Å². The van der Waals surface area contributed by atoms with Gasteiger partial charge in [0.15, 0.2) is 0 Å². The zero-order valence-electron chi connectivity index (χ0n) is 12.8. The second kappa shape index (κ2) is 7.68.